The molecule has 0 aromatic heterocycles. The molecule has 2 fully saturated rings. The maximum Gasteiger partial charge on any atom is 0.123 e. The van der Waals surface area contributed by atoms with Crippen LogP contribution < -0.4 is 5.32 Å². The van der Waals surface area contributed by atoms with Crippen LogP contribution in [0.25, 0.3) is 0 Å². The fourth-order valence-corrected chi connectivity index (χ4v) is 3.77. The number of ether oxygens (including phenoxy) is 1. The van der Waals surface area contributed by atoms with E-state index in [0.717, 1.165) is 44.7 Å². The van der Waals surface area contributed by atoms with Gasteiger partial charge in [-0.3, -0.25) is 4.90 Å². The number of piperidine rings is 1. The van der Waals surface area contributed by atoms with E-state index in [1.54, 1.807) is 0 Å². The molecule has 22 heavy (non-hydrogen) atoms. The SMILES string of the molecule is Fc1ccc(CNCC2(N3CCCCC3)CCOCC2)cc1. The smallest absolute Gasteiger partial charge is 0.123 e. The summed E-state index contributed by atoms with van der Waals surface area (Å²) < 4.78 is 18.6. The molecule has 122 valence electrons. The lowest BCUT2D eigenvalue weighted by atomic mass is 9.86. The summed E-state index contributed by atoms with van der Waals surface area (Å²) in [4.78, 5) is 2.69. The average Bonchev–Trinajstić information content (AvgIpc) is 2.58. The molecule has 1 aromatic rings. The highest BCUT2D eigenvalue weighted by Gasteiger charge is 2.38. The van der Waals surface area contributed by atoms with E-state index in [9.17, 15) is 4.39 Å². The van der Waals surface area contributed by atoms with E-state index >= 15 is 0 Å². The van der Waals surface area contributed by atoms with E-state index in [4.69, 9.17) is 4.74 Å². The Balaban J connectivity index is 1.58. The highest BCUT2D eigenvalue weighted by molar-refractivity contribution is 5.15. The summed E-state index contributed by atoms with van der Waals surface area (Å²) in [6.45, 7) is 5.98. The maximum absolute atomic E-state index is 13.0. The first kappa shape index (κ1) is 15.9. The third-order valence-electron chi connectivity index (χ3n) is 5.15. The number of benzene rings is 1. The third kappa shape index (κ3) is 3.86. The van der Waals surface area contributed by atoms with Crippen molar-refractivity contribution in [2.75, 3.05) is 32.8 Å². The highest BCUT2D eigenvalue weighted by atomic mass is 19.1. The van der Waals surface area contributed by atoms with Crippen molar-refractivity contribution < 1.29 is 9.13 Å². The van der Waals surface area contributed by atoms with Crippen LogP contribution in [-0.2, 0) is 11.3 Å². The number of hydrogen-bond acceptors (Lipinski definition) is 3. The summed E-state index contributed by atoms with van der Waals surface area (Å²) in [5.74, 6) is -0.169. The van der Waals surface area contributed by atoms with Gasteiger partial charge < -0.3 is 10.1 Å². The molecule has 2 saturated heterocycles. The minimum absolute atomic E-state index is 0.169. The topological polar surface area (TPSA) is 24.5 Å². The molecule has 0 bridgehead atoms. The van der Waals surface area contributed by atoms with Crippen molar-refractivity contribution in [3.8, 4) is 0 Å². The van der Waals surface area contributed by atoms with Crippen LogP contribution in [0.15, 0.2) is 24.3 Å². The van der Waals surface area contributed by atoms with Crippen molar-refractivity contribution in [3.63, 3.8) is 0 Å². The molecule has 3 nitrogen and oxygen atoms in total. The molecule has 0 aliphatic carbocycles. The van der Waals surface area contributed by atoms with Crippen molar-refractivity contribution in [1.29, 1.82) is 0 Å². The van der Waals surface area contributed by atoms with Gasteiger partial charge in [-0.1, -0.05) is 18.6 Å². The number of rotatable bonds is 5. The van der Waals surface area contributed by atoms with Crippen LogP contribution in [0.2, 0.25) is 0 Å². The monoisotopic (exact) mass is 306 g/mol. The minimum Gasteiger partial charge on any atom is -0.381 e. The zero-order valence-corrected chi connectivity index (χ0v) is 13.3. The highest BCUT2D eigenvalue weighted by Crippen LogP contribution is 2.30. The molecular weight excluding hydrogens is 279 g/mol. The predicted molar refractivity (Wildman–Crippen MR) is 86.3 cm³/mol. The molecule has 0 radical (unpaired) electrons. The zero-order valence-electron chi connectivity index (χ0n) is 13.3. The fraction of sp³-hybridized carbons (Fsp3) is 0.667. The van der Waals surface area contributed by atoms with Gasteiger partial charge in [0.2, 0.25) is 0 Å². The molecule has 0 amide bonds. The van der Waals surface area contributed by atoms with E-state index < -0.39 is 0 Å². The molecule has 0 saturated carbocycles. The Hall–Kier alpha value is -0.970. The van der Waals surface area contributed by atoms with Crippen LogP contribution >= 0.6 is 0 Å². The van der Waals surface area contributed by atoms with Crippen molar-refractivity contribution in [2.45, 2.75) is 44.2 Å². The summed E-state index contributed by atoms with van der Waals surface area (Å²) in [6, 6.07) is 6.79. The van der Waals surface area contributed by atoms with E-state index in [2.05, 4.69) is 10.2 Å². The van der Waals surface area contributed by atoms with Gasteiger partial charge in [0.1, 0.15) is 5.82 Å². The first-order valence-electron chi connectivity index (χ1n) is 8.57. The molecule has 0 atom stereocenters. The van der Waals surface area contributed by atoms with Crippen LogP contribution in [0.4, 0.5) is 4.39 Å². The van der Waals surface area contributed by atoms with Crippen LogP contribution in [0.5, 0.6) is 0 Å². The number of hydrogen-bond donors (Lipinski definition) is 1. The van der Waals surface area contributed by atoms with Gasteiger partial charge in [0, 0.05) is 31.8 Å². The predicted octanol–water partition coefficient (Wildman–Crippen LogP) is 2.95. The van der Waals surface area contributed by atoms with Gasteiger partial charge in [-0.15, -0.1) is 0 Å². The van der Waals surface area contributed by atoms with Gasteiger partial charge in [-0.2, -0.15) is 0 Å². The minimum atomic E-state index is -0.169. The summed E-state index contributed by atoms with van der Waals surface area (Å²) >= 11 is 0. The Kier molecular flexibility index (Phi) is 5.45. The largest absolute Gasteiger partial charge is 0.381 e. The van der Waals surface area contributed by atoms with Gasteiger partial charge in [0.25, 0.3) is 0 Å². The lowest BCUT2D eigenvalue weighted by Crippen LogP contribution is -2.59. The molecule has 1 N–H and O–H groups in total. The zero-order chi connectivity index (χ0) is 15.3. The van der Waals surface area contributed by atoms with Gasteiger partial charge in [-0.05, 0) is 56.5 Å². The Bertz CT molecular complexity index is 451. The number of likely N-dealkylation sites (tertiary alicyclic amines) is 1. The van der Waals surface area contributed by atoms with E-state index in [1.165, 1.54) is 44.5 Å². The molecule has 2 heterocycles. The van der Waals surface area contributed by atoms with Crippen molar-refractivity contribution in [2.24, 2.45) is 0 Å². The summed E-state index contributed by atoms with van der Waals surface area (Å²) in [6.07, 6.45) is 6.24. The summed E-state index contributed by atoms with van der Waals surface area (Å²) in [5, 5.41) is 3.61. The van der Waals surface area contributed by atoms with Gasteiger partial charge in [0.15, 0.2) is 0 Å². The molecule has 0 unspecified atom stereocenters. The molecule has 4 heteroatoms. The second-order valence-electron chi connectivity index (χ2n) is 6.61. The quantitative estimate of drug-likeness (QED) is 0.905. The first-order valence-corrected chi connectivity index (χ1v) is 8.57. The first-order chi connectivity index (χ1) is 10.8. The van der Waals surface area contributed by atoms with Crippen LogP contribution in [-0.4, -0.2) is 43.3 Å². The molecule has 0 spiro atoms. The van der Waals surface area contributed by atoms with Crippen molar-refractivity contribution >= 4 is 0 Å². The van der Waals surface area contributed by atoms with Gasteiger partial charge >= 0.3 is 0 Å². The second kappa shape index (κ2) is 7.53. The molecule has 2 aliphatic heterocycles. The number of nitrogens with zero attached hydrogens (tertiary/aromatic N) is 1. The van der Waals surface area contributed by atoms with Gasteiger partial charge in [-0.25, -0.2) is 4.39 Å². The van der Waals surface area contributed by atoms with E-state index in [-0.39, 0.29) is 11.4 Å². The molecule has 1 aromatic carbocycles. The van der Waals surface area contributed by atoms with Crippen molar-refractivity contribution in [1.82, 2.24) is 10.2 Å². The van der Waals surface area contributed by atoms with Crippen molar-refractivity contribution in [3.05, 3.63) is 35.6 Å². The molecular formula is C18H27FN2O. The van der Waals surface area contributed by atoms with E-state index in [0.29, 0.717) is 0 Å². The van der Waals surface area contributed by atoms with Crippen LogP contribution in [0, 0.1) is 5.82 Å². The molecule has 3 rings (SSSR count). The lowest BCUT2D eigenvalue weighted by Gasteiger charge is -2.48. The Morgan fingerprint density at radius 3 is 2.41 bits per heavy atom. The molecule has 2 aliphatic rings. The second-order valence-corrected chi connectivity index (χ2v) is 6.61. The Labute approximate surface area is 132 Å². The maximum atomic E-state index is 13.0. The number of nitrogens with one attached hydrogen (secondary N) is 1. The Morgan fingerprint density at radius 2 is 1.73 bits per heavy atom. The van der Waals surface area contributed by atoms with E-state index in [1.807, 2.05) is 12.1 Å². The lowest BCUT2D eigenvalue weighted by molar-refractivity contribution is -0.0358. The van der Waals surface area contributed by atoms with Crippen LogP contribution in [0.3, 0.4) is 0 Å². The fourth-order valence-electron chi connectivity index (χ4n) is 3.77. The normalized spacial score (nSPS) is 22.6. The average molecular weight is 306 g/mol. The standard InChI is InChI=1S/C18H27FN2O/c19-17-6-4-16(5-7-17)14-20-15-18(8-12-22-13-9-18)21-10-2-1-3-11-21/h4-7,20H,1-3,8-15H2. The van der Waals surface area contributed by atoms with Crippen LogP contribution in [0.1, 0.15) is 37.7 Å². The summed E-state index contributed by atoms with van der Waals surface area (Å²) in [7, 11) is 0. The van der Waals surface area contributed by atoms with Gasteiger partial charge in [0.05, 0.1) is 0 Å². The Morgan fingerprint density at radius 1 is 1.05 bits per heavy atom. The third-order valence-corrected chi connectivity index (χ3v) is 5.15. The summed E-state index contributed by atoms with van der Waals surface area (Å²) in [5.41, 5.74) is 1.39. The number of halogens is 1.